The second-order valence-corrected chi connectivity index (χ2v) is 4.84. The Labute approximate surface area is 118 Å². The van der Waals surface area contributed by atoms with Crippen LogP contribution in [0.15, 0.2) is 22.8 Å². The van der Waals surface area contributed by atoms with E-state index in [2.05, 4.69) is 5.32 Å². The summed E-state index contributed by atoms with van der Waals surface area (Å²) in [5.74, 6) is 0.250. The first-order valence-corrected chi connectivity index (χ1v) is 7.08. The minimum absolute atomic E-state index is 0.0425. The number of rotatable bonds is 3. The fourth-order valence-electron chi connectivity index (χ4n) is 2.22. The Morgan fingerprint density at radius 1 is 1.25 bits per heavy atom. The SMILES string of the molecule is CCCNC(=O)N1CCCN(C(=O)c2ccco2)CC1. The first kappa shape index (κ1) is 14.4. The molecule has 1 N–H and O–H groups in total. The van der Waals surface area contributed by atoms with Crippen LogP contribution in [0.3, 0.4) is 0 Å². The van der Waals surface area contributed by atoms with Gasteiger partial charge in [0, 0.05) is 32.7 Å². The van der Waals surface area contributed by atoms with Gasteiger partial charge in [0.25, 0.3) is 5.91 Å². The predicted molar refractivity (Wildman–Crippen MR) is 74.5 cm³/mol. The Balaban J connectivity index is 1.89. The molecule has 6 heteroatoms. The smallest absolute Gasteiger partial charge is 0.317 e. The van der Waals surface area contributed by atoms with Crippen LogP contribution in [0.2, 0.25) is 0 Å². The van der Waals surface area contributed by atoms with Gasteiger partial charge in [-0.25, -0.2) is 4.79 Å². The van der Waals surface area contributed by atoms with Crippen LogP contribution in [-0.2, 0) is 0 Å². The molecular formula is C14H21N3O3. The van der Waals surface area contributed by atoms with E-state index < -0.39 is 0 Å². The van der Waals surface area contributed by atoms with Crippen molar-refractivity contribution in [3.05, 3.63) is 24.2 Å². The van der Waals surface area contributed by atoms with Gasteiger partial charge in [-0.1, -0.05) is 6.92 Å². The van der Waals surface area contributed by atoms with E-state index >= 15 is 0 Å². The molecule has 0 atom stereocenters. The highest BCUT2D eigenvalue weighted by Crippen LogP contribution is 2.09. The van der Waals surface area contributed by atoms with Gasteiger partial charge in [-0.05, 0) is 25.0 Å². The molecule has 6 nitrogen and oxygen atoms in total. The Bertz CT molecular complexity index is 445. The number of nitrogens with one attached hydrogen (secondary N) is 1. The molecule has 0 aromatic carbocycles. The fraction of sp³-hybridized carbons (Fsp3) is 0.571. The minimum atomic E-state index is -0.106. The van der Waals surface area contributed by atoms with Crippen molar-refractivity contribution in [1.82, 2.24) is 15.1 Å². The van der Waals surface area contributed by atoms with Crippen LogP contribution < -0.4 is 5.32 Å². The van der Waals surface area contributed by atoms with E-state index in [9.17, 15) is 9.59 Å². The Hall–Kier alpha value is -1.98. The molecule has 1 saturated heterocycles. The highest BCUT2D eigenvalue weighted by Gasteiger charge is 2.23. The van der Waals surface area contributed by atoms with Crippen molar-refractivity contribution in [2.45, 2.75) is 19.8 Å². The fourth-order valence-corrected chi connectivity index (χ4v) is 2.22. The van der Waals surface area contributed by atoms with E-state index in [1.165, 1.54) is 6.26 Å². The standard InChI is InChI=1S/C14H21N3O3/c1-2-6-15-14(19)17-8-4-7-16(9-10-17)13(18)12-5-3-11-20-12/h3,5,11H,2,4,6-10H2,1H3,(H,15,19). The lowest BCUT2D eigenvalue weighted by atomic mass is 10.3. The maximum Gasteiger partial charge on any atom is 0.317 e. The van der Waals surface area contributed by atoms with E-state index in [1.807, 2.05) is 6.92 Å². The summed E-state index contributed by atoms with van der Waals surface area (Å²) in [7, 11) is 0. The van der Waals surface area contributed by atoms with Crippen molar-refractivity contribution < 1.29 is 14.0 Å². The summed E-state index contributed by atoms with van der Waals surface area (Å²) in [6, 6.07) is 3.33. The minimum Gasteiger partial charge on any atom is -0.459 e. The summed E-state index contributed by atoms with van der Waals surface area (Å²) >= 11 is 0. The maximum atomic E-state index is 12.2. The van der Waals surface area contributed by atoms with Crippen LogP contribution in [-0.4, -0.2) is 54.5 Å². The molecule has 110 valence electrons. The number of furan rings is 1. The van der Waals surface area contributed by atoms with Crippen molar-refractivity contribution in [2.24, 2.45) is 0 Å². The number of hydrogen-bond acceptors (Lipinski definition) is 3. The molecule has 0 radical (unpaired) electrons. The topological polar surface area (TPSA) is 65.8 Å². The lowest BCUT2D eigenvalue weighted by Crippen LogP contribution is -2.42. The average Bonchev–Trinajstić information content (AvgIpc) is 2.88. The maximum absolute atomic E-state index is 12.2. The summed E-state index contributed by atoms with van der Waals surface area (Å²) in [6.45, 7) is 5.13. The zero-order valence-corrected chi connectivity index (χ0v) is 11.8. The molecule has 3 amide bonds. The zero-order valence-electron chi connectivity index (χ0n) is 11.8. The monoisotopic (exact) mass is 279 g/mol. The zero-order chi connectivity index (χ0) is 14.4. The third-order valence-electron chi connectivity index (χ3n) is 3.33. The van der Waals surface area contributed by atoms with Gasteiger partial charge in [0.05, 0.1) is 6.26 Å². The molecule has 0 aliphatic carbocycles. The van der Waals surface area contributed by atoms with Gasteiger partial charge < -0.3 is 19.5 Å². The van der Waals surface area contributed by atoms with Crippen molar-refractivity contribution in [2.75, 3.05) is 32.7 Å². The van der Waals surface area contributed by atoms with Crippen molar-refractivity contribution >= 4 is 11.9 Å². The van der Waals surface area contributed by atoms with Gasteiger partial charge in [0.1, 0.15) is 0 Å². The van der Waals surface area contributed by atoms with Crippen LogP contribution in [0.5, 0.6) is 0 Å². The van der Waals surface area contributed by atoms with E-state index in [0.717, 1.165) is 12.8 Å². The molecule has 1 aliphatic rings. The molecule has 0 saturated carbocycles. The van der Waals surface area contributed by atoms with E-state index in [1.54, 1.807) is 21.9 Å². The van der Waals surface area contributed by atoms with Crippen LogP contribution >= 0.6 is 0 Å². The Morgan fingerprint density at radius 3 is 2.70 bits per heavy atom. The van der Waals surface area contributed by atoms with Crippen LogP contribution in [0.25, 0.3) is 0 Å². The molecule has 1 aromatic heterocycles. The lowest BCUT2D eigenvalue weighted by Gasteiger charge is -2.21. The molecule has 0 unspecified atom stereocenters. The van der Waals surface area contributed by atoms with Crippen molar-refractivity contribution in [1.29, 1.82) is 0 Å². The number of nitrogens with zero attached hydrogens (tertiary/aromatic N) is 2. The van der Waals surface area contributed by atoms with E-state index in [0.29, 0.717) is 38.5 Å². The molecule has 0 bridgehead atoms. The highest BCUT2D eigenvalue weighted by molar-refractivity contribution is 5.91. The molecule has 20 heavy (non-hydrogen) atoms. The van der Waals surface area contributed by atoms with E-state index in [-0.39, 0.29) is 11.9 Å². The second-order valence-electron chi connectivity index (χ2n) is 4.84. The Kier molecular flexibility index (Phi) is 5.03. The summed E-state index contributed by atoms with van der Waals surface area (Å²) in [4.78, 5) is 27.6. The number of carbonyl (C=O) groups is 2. The van der Waals surface area contributed by atoms with Gasteiger partial charge in [-0.2, -0.15) is 0 Å². The first-order valence-electron chi connectivity index (χ1n) is 7.08. The van der Waals surface area contributed by atoms with Crippen molar-refractivity contribution in [3.63, 3.8) is 0 Å². The van der Waals surface area contributed by atoms with Crippen LogP contribution in [0, 0.1) is 0 Å². The molecule has 2 rings (SSSR count). The molecular weight excluding hydrogens is 258 g/mol. The normalized spacial score (nSPS) is 15.8. The van der Waals surface area contributed by atoms with Gasteiger partial charge in [-0.3, -0.25) is 4.79 Å². The predicted octanol–water partition coefficient (Wildman–Crippen LogP) is 1.55. The second kappa shape index (κ2) is 6.98. The average molecular weight is 279 g/mol. The van der Waals surface area contributed by atoms with Crippen molar-refractivity contribution in [3.8, 4) is 0 Å². The van der Waals surface area contributed by atoms with Gasteiger partial charge >= 0.3 is 6.03 Å². The first-order chi connectivity index (χ1) is 9.72. The summed E-state index contributed by atoms with van der Waals surface area (Å²) < 4.78 is 5.13. The number of carbonyl (C=O) groups excluding carboxylic acids is 2. The van der Waals surface area contributed by atoms with Crippen LogP contribution in [0.1, 0.15) is 30.3 Å². The van der Waals surface area contributed by atoms with Gasteiger partial charge in [0.2, 0.25) is 0 Å². The number of amides is 3. The van der Waals surface area contributed by atoms with Gasteiger partial charge in [0.15, 0.2) is 5.76 Å². The van der Waals surface area contributed by atoms with E-state index in [4.69, 9.17) is 4.42 Å². The summed E-state index contributed by atoms with van der Waals surface area (Å²) in [6.07, 6.45) is 3.20. The summed E-state index contributed by atoms with van der Waals surface area (Å²) in [5, 5.41) is 2.87. The lowest BCUT2D eigenvalue weighted by molar-refractivity contribution is 0.0730. The molecule has 1 fully saturated rings. The number of hydrogen-bond donors (Lipinski definition) is 1. The molecule has 1 aliphatic heterocycles. The molecule has 0 spiro atoms. The molecule has 1 aromatic rings. The third kappa shape index (κ3) is 3.53. The highest BCUT2D eigenvalue weighted by atomic mass is 16.3. The third-order valence-corrected chi connectivity index (χ3v) is 3.33. The molecule has 2 heterocycles. The number of urea groups is 1. The summed E-state index contributed by atoms with van der Waals surface area (Å²) in [5.41, 5.74) is 0. The van der Waals surface area contributed by atoms with Crippen LogP contribution in [0.4, 0.5) is 4.79 Å². The largest absolute Gasteiger partial charge is 0.459 e. The van der Waals surface area contributed by atoms with Gasteiger partial charge in [-0.15, -0.1) is 0 Å². The Morgan fingerprint density at radius 2 is 2.00 bits per heavy atom. The quantitative estimate of drug-likeness (QED) is 0.913.